The van der Waals surface area contributed by atoms with Crippen molar-refractivity contribution in [2.75, 3.05) is 5.73 Å². The number of hydrogen-bond acceptors (Lipinski definition) is 6. The quantitative estimate of drug-likeness (QED) is 0.716. The Morgan fingerprint density at radius 1 is 1.19 bits per heavy atom. The van der Waals surface area contributed by atoms with Crippen LogP contribution in [-0.2, 0) is 0 Å². The van der Waals surface area contributed by atoms with E-state index in [0.717, 1.165) is 29.7 Å². The van der Waals surface area contributed by atoms with Crippen LogP contribution in [0.15, 0.2) is 47.0 Å². The molecule has 2 unspecified atom stereocenters. The number of benzene rings is 1. The van der Waals surface area contributed by atoms with Crippen LogP contribution >= 0.6 is 0 Å². The molecule has 2 aromatic heterocycles. The molecule has 0 saturated heterocycles. The topological polar surface area (TPSA) is 90.7 Å². The van der Waals surface area contributed by atoms with Crippen LogP contribution in [0.25, 0.3) is 22.8 Å². The van der Waals surface area contributed by atoms with Gasteiger partial charge < -0.3 is 10.2 Å². The standard InChI is InChI=1S/C20H21N5O/c1-12-7-3-5-9-14(12)16-11-22-18(21)17(23-16)20-25-24-19(26-20)15-10-6-4-8-13(15)2/h3,5-7,9-11,13,15H,4,8H2,1-2H3,(H2,21,22). The Kier molecular flexibility index (Phi) is 4.24. The Balaban J connectivity index is 1.72. The zero-order valence-corrected chi connectivity index (χ0v) is 14.9. The minimum Gasteiger partial charge on any atom is -0.419 e. The van der Waals surface area contributed by atoms with Crippen molar-refractivity contribution in [2.24, 2.45) is 5.92 Å². The van der Waals surface area contributed by atoms with Gasteiger partial charge >= 0.3 is 0 Å². The smallest absolute Gasteiger partial charge is 0.270 e. The van der Waals surface area contributed by atoms with Crippen molar-refractivity contribution in [1.82, 2.24) is 20.2 Å². The molecule has 132 valence electrons. The highest BCUT2D eigenvalue weighted by Gasteiger charge is 2.25. The van der Waals surface area contributed by atoms with E-state index in [1.165, 1.54) is 0 Å². The molecule has 0 saturated carbocycles. The second-order valence-electron chi connectivity index (χ2n) is 6.76. The lowest BCUT2D eigenvalue weighted by Crippen LogP contribution is -2.11. The maximum absolute atomic E-state index is 6.04. The first-order valence-corrected chi connectivity index (χ1v) is 8.82. The normalized spacial score (nSPS) is 19.6. The monoisotopic (exact) mass is 347 g/mol. The van der Waals surface area contributed by atoms with Crippen molar-refractivity contribution in [3.8, 4) is 22.8 Å². The number of aromatic nitrogens is 4. The van der Waals surface area contributed by atoms with Crippen LogP contribution in [0, 0.1) is 12.8 Å². The Bertz CT molecular complexity index is 962. The third-order valence-corrected chi connectivity index (χ3v) is 4.90. The van der Waals surface area contributed by atoms with Gasteiger partial charge in [-0.1, -0.05) is 43.3 Å². The van der Waals surface area contributed by atoms with E-state index in [-0.39, 0.29) is 11.7 Å². The number of hydrogen-bond donors (Lipinski definition) is 1. The summed E-state index contributed by atoms with van der Waals surface area (Å²) in [5.41, 5.74) is 9.32. The molecule has 2 atom stereocenters. The molecule has 4 rings (SSSR count). The van der Waals surface area contributed by atoms with Crippen molar-refractivity contribution in [1.29, 1.82) is 0 Å². The van der Waals surface area contributed by atoms with E-state index in [4.69, 9.17) is 10.2 Å². The maximum atomic E-state index is 6.04. The lowest BCUT2D eigenvalue weighted by Gasteiger charge is -2.20. The first kappa shape index (κ1) is 16.4. The highest BCUT2D eigenvalue weighted by atomic mass is 16.4. The molecule has 1 aliphatic carbocycles. The van der Waals surface area contributed by atoms with E-state index in [2.05, 4.69) is 39.2 Å². The molecule has 6 heteroatoms. The molecule has 0 aliphatic heterocycles. The Hall–Kier alpha value is -3.02. The van der Waals surface area contributed by atoms with Crippen LogP contribution in [0.5, 0.6) is 0 Å². The van der Waals surface area contributed by atoms with E-state index in [0.29, 0.717) is 23.4 Å². The van der Waals surface area contributed by atoms with Gasteiger partial charge in [-0.05, 0) is 31.2 Å². The van der Waals surface area contributed by atoms with Crippen LogP contribution in [0.1, 0.15) is 37.1 Å². The van der Waals surface area contributed by atoms with E-state index in [1.54, 1.807) is 6.20 Å². The number of nitrogens with two attached hydrogens (primary N) is 1. The highest BCUT2D eigenvalue weighted by Crippen LogP contribution is 2.34. The summed E-state index contributed by atoms with van der Waals surface area (Å²) >= 11 is 0. The van der Waals surface area contributed by atoms with E-state index < -0.39 is 0 Å². The Morgan fingerprint density at radius 2 is 2.04 bits per heavy atom. The molecule has 0 bridgehead atoms. The lowest BCUT2D eigenvalue weighted by molar-refractivity contribution is 0.386. The average molecular weight is 347 g/mol. The molecule has 0 amide bonds. The predicted octanol–water partition coefficient (Wildman–Crippen LogP) is 4.15. The second-order valence-corrected chi connectivity index (χ2v) is 6.76. The Morgan fingerprint density at radius 3 is 2.85 bits per heavy atom. The molecular formula is C20H21N5O. The SMILES string of the molecule is Cc1ccccc1-c1cnc(N)c(-c2nnc(C3C=CCCC3C)o2)n1. The van der Waals surface area contributed by atoms with Crippen LogP contribution in [0.2, 0.25) is 0 Å². The van der Waals surface area contributed by atoms with Crippen molar-refractivity contribution in [3.05, 3.63) is 54.1 Å². The van der Waals surface area contributed by atoms with Gasteiger partial charge in [-0.25, -0.2) is 9.97 Å². The van der Waals surface area contributed by atoms with Crippen LogP contribution < -0.4 is 5.73 Å². The zero-order valence-electron chi connectivity index (χ0n) is 14.9. The van der Waals surface area contributed by atoms with Gasteiger partial charge in [-0.15, -0.1) is 10.2 Å². The fourth-order valence-corrected chi connectivity index (χ4v) is 3.31. The van der Waals surface area contributed by atoms with Gasteiger partial charge in [0, 0.05) is 5.56 Å². The van der Waals surface area contributed by atoms with E-state index in [9.17, 15) is 0 Å². The number of aryl methyl sites for hydroxylation is 1. The van der Waals surface area contributed by atoms with Crippen LogP contribution in [0.3, 0.4) is 0 Å². The minimum atomic E-state index is 0.138. The number of allylic oxidation sites excluding steroid dienone is 2. The first-order valence-electron chi connectivity index (χ1n) is 8.82. The summed E-state index contributed by atoms with van der Waals surface area (Å²) in [6.45, 7) is 4.24. The summed E-state index contributed by atoms with van der Waals surface area (Å²) in [6.07, 6.45) is 8.19. The summed E-state index contributed by atoms with van der Waals surface area (Å²) in [4.78, 5) is 8.93. The van der Waals surface area contributed by atoms with Gasteiger partial charge in [-0.2, -0.15) is 0 Å². The maximum Gasteiger partial charge on any atom is 0.270 e. The molecular weight excluding hydrogens is 326 g/mol. The van der Waals surface area contributed by atoms with Crippen LogP contribution in [0.4, 0.5) is 5.82 Å². The third kappa shape index (κ3) is 2.98. The van der Waals surface area contributed by atoms with Crippen molar-refractivity contribution in [3.63, 3.8) is 0 Å². The number of nitrogens with zero attached hydrogens (tertiary/aromatic N) is 4. The number of nitrogen functional groups attached to an aromatic ring is 1. The summed E-state index contributed by atoms with van der Waals surface area (Å²) in [5, 5.41) is 8.42. The molecule has 0 spiro atoms. The number of anilines is 1. The van der Waals surface area contributed by atoms with Crippen molar-refractivity contribution >= 4 is 5.82 Å². The Labute approximate surface area is 152 Å². The molecule has 1 aromatic carbocycles. The predicted molar refractivity (Wildman–Crippen MR) is 100 cm³/mol. The number of rotatable bonds is 3. The molecule has 1 aliphatic rings. The van der Waals surface area contributed by atoms with Gasteiger partial charge in [0.05, 0.1) is 17.8 Å². The molecule has 6 nitrogen and oxygen atoms in total. The van der Waals surface area contributed by atoms with Crippen LogP contribution in [-0.4, -0.2) is 20.2 Å². The highest BCUT2D eigenvalue weighted by molar-refractivity contribution is 5.69. The largest absolute Gasteiger partial charge is 0.419 e. The van der Waals surface area contributed by atoms with Gasteiger partial charge in [0.15, 0.2) is 11.5 Å². The fraction of sp³-hybridized carbons (Fsp3) is 0.300. The summed E-state index contributed by atoms with van der Waals surface area (Å²) in [5.74, 6) is 1.80. The second kappa shape index (κ2) is 6.71. The van der Waals surface area contributed by atoms with Gasteiger partial charge in [0.25, 0.3) is 5.89 Å². The molecule has 26 heavy (non-hydrogen) atoms. The van der Waals surface area contributed by atoms with Gasteiger partial charge in [0.2, 0.25) is 5.89 Å². The van der Waals surface area contributed by atoms with Gasteiger partial charge in [-0.3, -0.25) is 0 Å². The van der Waals surface area contributed by atoms with Gasteiger partial charge in [0.1, 0.15) is 0 Å². The fourth-order valence-electron chi connectivity index (χ4n) is 3.31. The zero-order chi connectivity index (χ0) is 18.1. The molecule has 0 radical (unpaired) electrons. The van der Waals surface area contributed by atoms with Crippen molar-refractivity contribution in [2.45, 2.75) is 32.6 Å². The molecule has 3 aromatic rings. The summed E-state index contributed by atoms with van der Waals surface area (Å²) in [7, 11) is 0. The first-order chi connectivity index (χ1) is 12.6. The molecule has 2 heterocycles. The minimum absolute atomic E-state index is 0.138. The molecule has 0 fully saturated rings. The van der Waals surface area contributed by atoms with E-state index in [1.807, 2.05) is 31.2 Å². The van der Waals surface area contributed by atoms with E-state index >= 15 is 0 Å². The summed E-state index contributed by atoms with van der Waals surface area (Å²) < 4.78 is 5.93. The average Bonchev–Trinajstić information content (AvgIpc) is 3.13. The lowest BCUT2D eigenvalue weighted by atomic mass is 9.85. The summed E-state index contributed by atoms with van der Waals surface area (Å²) in [6, 6.07) is 8.01. The van der Waals surface area contributed by atoms with Crippen molar-refractivity contribution < 1.29 is 4.42 Å². The molecule has 2 N–H and O–H groups in total. The third-order valence-electron chi connectivity index (χ3n) is 4.90.